The Morgan fingerprint density at radius 3 is 2.41 bits per heavy atom. The van der Waals surface area contributed by atoms with Crippen molar-refractivity contribution in [3.8, 4) is 0 Å². The molecule has 2 amide bonds. The first-order chi connectivity index (χ1) is 16.0. The number of allylic oxidation sites excluding steroid dienone is 1. The van der Waals surface area contributed by atoms with Crippen LogP contribution in [0.1, 0.15) is 42.6 Å². The molecule has 178 valence electrons. The third-order valence-electron chi connectivity index (χ3n) is 6.24. The van der Waals surface area contributed by atoms with Gasteiger partial charge in [0, 0.05) is 31.1 Å². The molecule has 1 aliphatic carbocycles. The molecule has 0 saturated heterocycles. The molecule has 1 aliphatic heterocycles. The summed E-state index contributed by atoms with van der Waals surface area (Å²) in [7, 11) is 0. The van der Waals surface area contributed by atoms with Crippen LogP contribution in [0, 0.1) is 5.41 Å². The van der Waals surface area contributed by atoms with Crippen molar-refractivity contribution >= 4 is 17.6 Å². The monoisotopic (exact) mass is 471 g/mol. The number of nitrogens with one attached hydrogen (secondary N) is 1. The summed E-state index contributed by atoms with van der Waals surface area (Å²) in [6.45, 7) is 3.50. The molecule has 6 nitrogen and oxygen atoms in total. The van der Waals surface area contributed by atoms with Gasteiger partial charge in [-0.05, 0) is 36.0 Å². The molecule has 1 aromatic heterocycles. The molecular weight excluding hydrogens is 447 g/mol. The highest BCUT2D eigenvalue weighted by Gasteiger charge is 2.71. The third kappa shape index (κ3) is 3.99. The van der Waals surface area contributed by atoms with Gasteiger partial charge in [0.05, 0.1) is 11.1 Å². The quantitative estimate of drug-likeness (QED) is 0.719. The van der Waals surface area contributed by atoms with Crippen LogP contribution in [0.25, 0.3) is 0 Å². The van der Waals surface area contributed by atoms with Crippen LogP contribution >= 0.6 is 0 Å². The summed E-state index contributed by atoms with van der Waals surface area (Å²) in [6.07, 6.45) is -2.52. The van der Waals surface area contributed by atoms with E-state index in [2.05, 4.69) is 4.98 Å². The summed E-state index contributed by atoms with van der Waals surface area (Å²) < 4.78 is 44.3. The number of ketones is 1. The number of halogens is 3. The number of rotatable bonds is 5. The maximum Gasteiger partial charge on any atom is 0.425 e. The van der Waals surface area contributed by atoms with Crippen molar-refractivity contribution in [3.05, 3.63) is 77.3 Å². The van der Waals surface area contributed by atoms with Gasteiger partial charge in [-0.3, -0.25) is 19.4 Å². The van der Waals surface area contributed by atoms with Crippen LogP contribution in [0.3, 0.4) is 0 Å². The maximum absolute atomic E-state index is 14.8. The summed E-state index contributed by atoms with van der Waals surface area (Å²) in [5, 5.41) is 1.91. The Kier molecular flexibility index (Phi) is 5.83. The second-order valence-electron chi connectivity index (χ2n) is 9.40. The van der Waals surface area contributed by atoms with Crippen LogP contribution in [0.2, 0.25) is 0 Å². The number of Topliss-reactive ketones (excluding diaryl/α,β-unsaturated/α-hetero) is 1. The summed E-state index contributed by atoms with van der Waals surface area (Å²) in [4.78, 5) is 44.3. The average Bonchev–Trinajstić information content (AvgIpc) is 3.00. The van der Waals surface area contributed by atoms with E-state index in [1.165, 1.54) is 18.3 Å². The van der Waals surface area contributed by atoms with Crippen molar-refractivity contribution in [1.82, 2.24) is 15.2 Å². The molecular formula is C25H24F3N3O3. The predicted octanol–water partition coefficient (Wildman–Crippen LogP) is 3.84. The van der Waals surface area contributed by atoms with Gasteiger partial charge in [0.15, 0.2) is 5.78 Å². The molecule has 0 spiro atoms. The molecule has 0 radical (unpaired) electrons. The lowest BCUT2D eigenvalue weighted by Crippen LogP contribution is -2.66. The highest BCUT2D eigenvalue weighted by Crippen LogP contribution is 2.51. The van der Waals surface area contributed by atoms with Gasteiger partial charge in [0.2, 0.25) is 5.54 Å². The lowest BCUT2D eigenvalue weighted by atomic mass is 9.72. The zero-order chi connectivity index (χ0) is 24.7. The fraction of sp³-hybridized carbons (Fsp3) is 0.360. The molecule has 0 bridgehead atoms. The van der Waals surface area contributed by atoms with Gasteiger partial charge in [-0.25, -0.2) is 0 Å². The summed E-state index contributed by atoms with van der Waals surface area (Å²) in [5.74, 6) is -3.27. The smallest absolute Gasteiger partial charge is 0.326 e. The van der Waals surface area contributed by atoms with Crippen LogP contribution in [0.5, 0.6) is 0 Å². The topological polar surface area (TPSA) is 79.4 Å². The number of alkyl halides is 3. The number of carbonyl (C=O) groups is 3. The van der Waals surface area contributed by atoms with Gasteiger partial charge in [-0.15, -0.1) is 0 Å². The average molecular weight is 471 g/mol. The summed E-state index contributed by atoms with van der Waals surface area (Å²) >= 11 is 0. The van der Waals surface area contributed by atoms with Crippen molar-refractivity contribution in [2.45, 2.75) is 44.8 Å². The lowest BCUT2D eigenvalue weighted by molar-refractivity contribution is -0.190. The Morgan fingerprint density at radius 2 is 1.79 bits per heavy atom. The maximum atomic E-state index is 14.8. The summed E-state index contributed by atoms with van der Waals surface area (Å²) in [6, 6.07) is 11.7. The number of aromatic nitrogens is 1. The largest absolute Gasteiger partial charge is 0.425 e. The van der Waals surface area contributed by atoms with E-state index in [0.717, 1.165) is 16.7 Å². The molecule has 4 rings (SSSR count). The Bertz CT molecular complexity index is 1160. The van der Waals surface area contributed by atoms with E-state index >= 15 is 0 Å². The Hall–Kier alpha value is -3.49. The Balaban J connectivity index is 1.81. The van der Waals surface area contributed by atoms with Crippen LogP contribution in [-0.2, 0) is 16.0 Å². The molecule has 1 unspecified atom stereocenters. The molecule has 34 heavy (non-hydrogen) atoms. The third-order valence-corrected chi connectivity index (χ3v) is 6.24. The van der Waals surface area contributed by atoms with Gasteiger partial charge in [-0.1, -0.05) is 44.2 Å². The van der Waals surface area contributed by atoms with Gasteiger partial charge >= 0.3 is 6.18 Å². The standard InChI is InChI=1S/C25H24F3N3O3/c1-23(2)13-18-20(19(32)14-23)24(25(26,27)28,30-21(33)17-9-6-11-29-15-17)22(34)31(18)12-10-16-7-4-3-5-8-16/h3-9,11,15H,10,12-14H2,1-2H3,(H,30,33). The molecule has 1 N–H and O–H groups in total. The fourth-order valence-corrected chi connectivity index (χ4v) is 4.69. The number of benzene rings is 1. The minimum absolute atomic E-state index is 0.0333. The van der Waals surface area contributed by atoms with Crippen molar-refractivity contribution in [2.75, 3.05) is 6.54 Å². The summed E-state index contributed by atoms with van der Waals surface area (Å²) in [5.41, 5.74) is -4.02. The van der Waals surface area contributed by atoms with Crippen molar-refractivity contribution in [3.63, 3.8) is 0 Å². The fourth-order valence-electron chi connectivity index (χ4n) is 4.69. The second-order valence-corrected chi connectivity index (χ2v) is 9.40. The van der Waals surface area contributed by atoms with Gasteiger partial charge in [0.25, 0.3) is 11.8 Å². The van der Waals surface area contributed by atoms with E-state index in [4.69, 9.17) is 0 Å². The molecule has 0 fully saturated rings. The molecule has 2 heterocycles. The van der Waals surface area contributed by atoms with Crippen LogP contribution < -0.4 is 5.32 Å². The van der Waals surface area contributed by atoms with Crippen molar-refractivity contribution in [1.29, 1.82) is 0 Å². The van der Waals surface area contributed by atoms with Crippen LogP contribution in [0.4, 0.5) is 13.2 Å². The Labute approximate surface area is 194 Å². The zero-order valence-corrected chi connectivity index (χ0v) is 18.8. The molecule has 1 atom stereocenters. The van der Waals surface area contributed by atoms with Crippen LogP contribution in [0.15, 0.2) is 66.1 Å². The number of pyridine rings is 1. The number of amides is 2. The minimum atomic E-state index is -5.23. The van der Waals surface area contributed by atoms with Crippen molar-refractivity contribution in [2.24, 2.45) is 5.41 Å². The Morgan fingerprint density at radius 1 is 1.09 bits per heavy atom. The van der Waals surface area contributed by atoms with Gasteiger partial charge in [-0.2, -0.15) is 13.2 Å². The van der Waals surface area contributed by atoms with E-state index < -0.39 is 40.3 Å². The van der Waals surface area contributed by atoms with E-state index in [9.17, 15) is 27.6 Å². The van der Waals surface area contributed by atoms with Gasteiger partial charge < -0.3 is 10.2 Å². The number of hydrogen-bond donors (Lipinski definition) is 1. The van der Waals surface area contributed by atoms with E-state index in [-0.39, 0.29) is 30.6 Å². The first-order valence-corrected chi connectivity index (χ1v) is 10.9. The zero-order valence-electron chi connectivity index (χ0n) is 18.8. The molecule has 2 aromatic rings. The lowest BCUT2D eigenvalue weighted by Gasteiger charge is -2.35. The van der Waals surface area contributed by atoms with Crippen LogP contribution in [-0.4, -0.2) is 45.7 Å². The van der Waals surface area contributed by atoms with E-state index in [1.54, 1.807) is 26.0 Å². The SMILES string of the molecule is CC1(C)CC(=O)C2=C(C1)N(CCc1ccccc1)C(=O)C2(NC(=O)c1cccnc1)C(F)(F)F. The first kappa shape index (κ1) is 23.7. The number of hydrogen-bond acceptors (Lipinski definition) is 4. The number of nitrogens with zero attached hydrogens (tertiary/aromatic N) is 2. The molecule has 2 aliphatic rings. The van der Waals surface area contributed by atoms with E-state index in [0.29, 0.717) is 6.42 Å². The van der Waals surface area contributed by atoms with Gasteiger partial charge in [0.1, 0.15) is 0 Å². The normalized spacial score (nSPS) is 22.1. The predicted molar refractivity (Wildman–Crippen MR) is 117 cm³/mol. The highest BCUT2D eigenvalue weighted by atomic mass is 19.4. The molecule has 0 saturated carbocycles. The second kappa shape index (κ2) is 8.38. The molecule has 1 aromatic carbocycles. The molecule has 9 heteroatoms. The minimum Gasteiger partial charge on any atom is -0.326 e. The first-order valence-electron chi connectivity index (χ1n) is 10.9. The van der Waals surface area contributed by atoms with E-state index in [1.807, 2.05) is 23.5 Å². The number of carbonyl (C=O) groups excluding carboxylic acids is 3. The highest BCUT2D eigenvalue weighted by molar-refractivity contribution is 6.14. The van der Waals surface area contributed by atoms with Crippen molar-refractivity contribution < 1.29 is 27.6 Å².